The van der Waals surface area contributed by atoms with Crippen LogP contribution in [0.25, 0.3) is 0 Å². The molecule has 0 unspecified atom stereocenters. The van der Waals surface area contributed by atoms with E-state index in [9.17, 15) is 4.39 Å². The van der Waals surface area contributed by atoms with Gasteiger partial charge in [0, 0.05) is 12.1 Å². The third-order valence-electron chi connectivity index (χ3n) is 3.21. The van der Waals surface area contributed by atoms with Crippen LogP contribution in [0.4, 0.5) is 4.39 Å². The van der Waals surface area contributed by atoms with Gasteiger partial charge in [-0.05, 0) is 24.8 Å². The molecule has 0 saturated heterocycles. The third-order valence-corrected chi connectivity index (χ3v) is 3.21. The average molecular weight is 223 g/mol. The summed E-state index contributed by atoms with van der Waals surface area (Å²) in [6, 6.07) is 4.90. The molecule has 3 heteroatoms. The molecule has 0 aliphatic heterocycles. The largest absolute Gasteiger partial charge is 0.490 e. The molecule has 2 rings (SSSR count). The second-order valence-electron chi connectivity index (χ2n) is 4.39. The second-order valence-corrected chi connectivity index (χ2v) is 4.39. The zero-order valence-corrected chi connectivity index (χ0v) is 9.42. The van der Waals surface area contributed by atoms with Crippen molar-refractivity contribution in [3.63, 3.8) is 0 Å². The average Bonchev–Trinajstić information content (AvgIpc) is 2.80. The minimum Gasteiger partial charge on any atom is -0.490 e. The van der Waals surface area contributed by atoms with Crippen molar-refractivity contribution in [3.05, 3.63) is 29.6 Å². The van der Waals surface area contributed by atoms with Gasteiger partial charge in [-0.1, -0.05) is 25.0 Å². The first-order valence-electron chi connectivity index (χ1n) is 5.91. The quantitative estimate of drug-likeness (QED) is 0.851. The first-order chi connectivity index (χ1) is 7.81. The summed E-state index contributed by atoms with van der Waals surface area (Å²) in [4.78, 5) is 0. The maximum Gasteiger partial charge on any atom is 0.165 e. The van der Waals surface area contributed by atoms with Gasteiger partial charge < -0.3 is 10.5 Å². The molecule has 0 atom stereocenters. The van der Waals surface area contributed by atoms with Crippen molar-refractivity contribution >= 4 is 0 Å². The Labute approximate surface area is 95.6 Å². The fraction of sp³-hybridized carbons (Fsp3) is 0.538. The Morgan fingerprint density at radius 3 is 2.75 bits per heavy atom. The van der Waals surface area contributed by atoms with E-state index < -0.39 is 0 Å². The molecule has 1 fully saturated rings. The summed E-state index contributed by atoms with van der Waals surface area (Å²) < 4.78 is 19.1. The minimum atomic E-state index is -0.305. The van der Waals surface area contributed by atoms with E-state index >= 15 is 0 Å². The minimum absolute atomic E-state index is 0.305. The number of benzene rings is 1. The molecule has 2 nitrogen and oxygen atoms in total. The predicted molar refractivity (Wildman–Crippen MR) is 61.7 cm³/mol. The van der Waals surface area contributed by atoms with Crippen LogP contribution >= 0.6 is 0 Å². The molecule has 1 aromatic rings. The molecule has 1 aromatic carbocycles. The Balaban J connectivity index is 2.01. The van der Waals surface area contributed by atoms with Crippen LogP contribution in [0.2, 0.25) is 0 Å². The number of nitrogens with two attached hydrogens (primary N) is 1. The Hall–Kier alpha value is -1.09. The van der Waals surface area contributed by atoms with Gasteiger partial charge in [0.25, 0.3) is 0 Å². The van der Waals surface area contributed by atoms with Crippen molar-refractivity contribution in [2.45, 2.75) is 32.2 Å². The van der Waals surface area contributed by atoms with Crippen LogP contribution < -0.4 is 10.5 Å². The van der Waals surface area contributed by atoms with E-state index in [2.05, 4.69) is 0 Å². The molecule has 88 valence electrons. The number of hydrogen-bond donors (Lipinski definition) is 1. The Kier molecular flexibility index (Phi) is 3.78. The van der Waals surface area contributed by atoms with E-state index in [0.29, 0.717) is 24.8 Å². The Morgan fingerprint density at radius 1 is 1.31 bits per heavy atom. The molecule has 0 bridgehead atoms. The molecule has 1 aliphatic rings. The topological polar surface area (TPSA) is 35.2 Å². The highest BCUT2D eigenvalue weighted by Crippen LogP contribution is 2.28. The van der Waals surface area contributed by atoms with Gasteiger partial charge >= 0.3 is 0 Å². The van der Waals surface area contributed by atoms with Crippen LogP contribution in [0, 0.1) is 11.7 Å². The van der Waals surface area contributed by atoms with Crippen molar-refractivity contribution < 1.29 is 9.13 Å². The summed E-state index contributed by atoms with van der Waals surface area (Å²) >= 11 is 0. The predicted octanol–water partition coefficient (Wildman–Crippen LogP) is 2.85. The summed E-state index contributed by atoms with van der Waals surface area (Å²) in [7, 11) is 0. The summed E-state index contributed by atoms with van der Waals surface area (Å²) in [6.07, 6.45) is 4.95. The first-order valence-corrected chi connectivity index (χ1v) is 5.91. The third kappa shape index (κ3) is 2.53. The Morgan fingerprint density at radius 2 is 2.06 bits per heavy atom. The highest BCUT2D eigenvalue weighted by molar-refractivity contribution is 5.34. The van der Waals surface area contributed by atoms with E-state index in [1.54, 1.807) is 6.07 Å². The van der Waals surface area contributed by atoms with E-state index in [0.717, 1.165) is 5.56 Å². The fourth-order valence-electron chi connectivity index (χ4n) is 2.25. The summed E-state index contributed by atoms with van der Waals surface area (Å²) in [5.41, 5.74) is 6.30. The molecule has 0 radical (unpaired) electrons. The molecule has 0 aromatic heterocycles. The maximum atomic E-state index is 13.5. The summed E-state index contributed by atoms with van der Waals surface area (Å²) in [5, 5.41) is 0. The van der Waals surface area contributed by atoms with Crippen LogP contribution in [0.3, 0.4) is 0 Å². The van der Waals surface area contributed by atoms with Crippen molar-refractivity contribution in [2.24, 2.45) is 11.7 Å². The standard InChI is InChI=1S/C13H18FNO/c14-12-7-3-6-11(8-15)13(12)16-9-10-4-1-2-5-10/h3,6-7,10H,1-2,4-5,8-9,15H2. The highest BCUT2D eigenvalue weighted by atomic mass is 19.1. The molecular weight excluding hydrogens is 205 g/mol. The van der Waals surface area contributed by atoms with Crippen LogP contribution in [-0.2, 0) is 6.54 Å². The van der Waals surface area contributed by atoms with Gasteiger partial charge in [-0.15, -0.1) is 0 Å². The van der Waals surface area contributed by atoms with Crippen molar-refractivity contribution in [2.75, 3.05) is 6.61 Å². The molecule has 1 aliphatic carbocycles. The second kappa shape index (κ2) is 5.30. The van der Waals surface area contributed by atoms with Gasteiger partial charge in [-0.25, -0.2) is 4.39 Å². The molecule has 0 amide bonds. The van der Waals surface area contributed by atoms with Gasteiger partial charge in [0.2, 0.25) is 0 Å². The van der Waals surface area contributed by atoms with Gasteiger partial charge in [-0.2, -0.15) is 0 Å². The van der Waals surface area contributed by atoms with Crippen LogP contribution in [0.5, 0.6) is 5.75 Å². The zero-order valence-electron chi connectivity index (χ0n) is 9.42. The maximum absolute atomic E-state index is 13.5. The van der Waals surface area contributed by atoms with Crippen molar-refractivity contribution in [3.8, 4) is 5.75 Å². The van der Waals surface area contributed by atoms with Crippen molar-refractivity contribution in [1.82, 2.24) is 0 Å². The number of rotatable bonds is 4. The molecule has 1 saturated carbocycles. The number of ether oxygens (including phenoxy) is 1. The van der Waals surface area contributed by atoms with Crippen LogP contribution in [-0.4, -0.2) is 6.61 Å². The lowest BCUT2D eigenvalue weighted by molar-refractivity contribution is 0.240. The van der Waals surface area contributed by atoms with E-state index in [4.69, 9.17) is 10.5 Å². The van der Waals surface area contributed by atoms with Crippen LogP contribution in [0.15, 0.2) is 18.2 Å². The summed E-state index contributed by atoms with van der Waals surface area (Å²) in [5.74, 6) is 0.628. The smallest absolute Gasteiger partial charge is 0.165 e. The number of hydrogen-bond acceptors (Lipinski definition) is 2. The van der Waals surface area contributed by atoms with E-state index in [-0.39, 0.29) is 5.82 Å². The fourth-order valence-corrected chi connectivity index (χ4v) is 2.25. The van der Waals surface area contributed by atoms with Gasteiger partial charge in [-0.3, -0.25) is 0 Å². The molecule has 0 spiro atoms. The van der Waals surface area contributed by atoms with Crippen molar-refractivity contribution in [1.29, 1.82) is 0 Å². The van der Waals surface area contributed by atoms with Gasteiger partial charge in [0.1, 0.15) is 0 Å². The Bertz CT molecular complexity index is 348. The zero-order chi connectivity index (χ0) is 11.4. The number of para-hydroxylation sites is 1. The van der Waals surface area contributed by atoms with Gasteiger partial charge in [0.15, 0.2) is 11.6 Å². The summed E-state index contributed by atoms with van der Waals surface area (Å²) in [6.45, 7) is 0.936. The highest BCUT2D eigenvalue weighted by Gasteiger charge is 2.17. The van der Waals surface area contributed by atoms with Crippen LogP contribution in [0.1, 0.15) is 31.2 Å². The molecule has 16 heavy (non-hydrogen) atoms. The normalized spacial score (nSPS) is 16.6. The molecular formula is C13H18FNO. The van der Waals surface area contributed by atoms with E-state index in [1.807, 2.05) is 6.07 Å². The molecule has 2 N–H and O–H groups in total. The first kappa shape index (κ1) is 11.4. The number of halogens is 1. The van der Waals surface area contributed by atoms with E-state index in [1.165, 1.54) is 31.7 Å². The lowest BCUT2D eigenvalue weighted by Crippen LogP contribution is -2.11. The SMILES string of the molecule is NCc1cccc(F)c1OCC1CCCC1. The lowest BCUT2D eigenvalue weighted by atomic mass is 10.1. The molecule has 0 heterocycles. The lowest BCUT2D eigenvalue weighted by Gasteiger charge is -2.14. The monoisotopic (exact) mass is 223 g/mol. The van der Waals surface area contributed by atoms with Gasteiger partial charge in [0.05, 0.1) is 6.61 Å².